The van der Waals surface area contributed by atoms with E-state index in [9.17, 15) is 9.90 Å². The van der Waals surface area contributed by atoms with Crippen LogP contribution in [0, 0.1) is 11.3 Å². The van der Waals surface area contributed by atoms with Crippen LogP contribution in [0.2, 0.25) is 5.02 Å². The van der Waals surface area contributed by atoms with Crippen molar-refractivity contribution in [1.82, 2.24) is 4.90 Å². The summed E-state index contributed by atoms with van der Waals surface area (Å²) in [4.78, 5) is 14.3. The lowest BCUT2D eigenvalue weighted by molar-refractivity contribution is 0.200. The number of phenolic OH excluding ortho intramolecular Hbond substituents is 1. The molecule has 2 amide bonds. The van der Waals surface area contributed by atoms with E-state index in [0.717, 1.165) is 0 Å². The Morgan fingerprint density at radius 2 is 2.00 bits per heavy atom. The molecule has 3 rings (SSSR count). The molecule has 0 bridgehead atoms. The topological polar surface area (TPSA) is 89.5 Å². The molecule has 1 heterocycles. The SMILES string of the molecule is N#Cc1ccc(NC(=O)N(Cc2ccco2)Cc2ccccc2O)cc1Cl. The summed E-state index contributed by atoms with van der Waals surface area (Å²) in [6.45, 7) is 0.403. The van der Waals surface area contributed by atoms with Crippen LogP contribution in [-0.2, 0) is 13.1 Å². The third-order valence-electron chi connectivity index (χ3n) is 3.91. The minimum Gasteiger partial charge on any atom is -0.508 e. The Balaban J connectivity index is 1.81. The number of furan rings is 1. The zero-order valence-electron chi connectivity index (χ0n) is 14.2. The zero-order valence-corrected chi connectivity index (χ0v) is 15.0. The molecule has 1 aromatic heterocycles. The van der Waals surface area contributed by atoms with Crippen LogP contribution in [0.1, 0.15) is 16.9 Å². The minimum absolute atomic E-state index is 0.108. The van der Waals surface area contributed by atoms with Gasteiger partial charge in [-0.1, -0.05) is 29.8 Å². The lowest BCUT2D eigenvalue weighted by Gasteiger charge is -2.23. The number of urea groups is 1. The van der Waals surface area contributed by atoms with Gasteiger partial charge in [-0.25, -0.2) is 4.79 Å². The Bertz CT molecular complexity index is 980. The van der Waals surface area contributed by atoms with Crippen LogP contribution >= 0.6 is 11.6 Å². The summed E-state index contributed by atoms with van der Waals surface area (Å²) < 4.78 is 5.34. The molecule has 0 unspecified atom stereocenters. The van der Waals surface area contributed by atoms with Gasteiger partial charge in [0.2, 0.25) is 0 Å². The summed E-state index contributed by atoms with van der Waals surface area (Å²) in [5.41, 5.74) is 1.40. The molecule has 0 radical (unpaired) electrons. The highest BCUT2D eigenvalue weighted by Crippen LogP contribution is 2.23. The predicted molar refractivity (Wildman–Crippen MR) is 101 cm³/mol. The number of hydrogen-bond acceptors (Lipinski definition) is 4. The van der Waals surface area contributed by atoms with Crippen molar-refractivity contribution in [3.63, 3.8) is 0 Å². The van der Waals surface area contributed by atoms with Crippen molar-refractivity contribution in [2.75, 3.05) is 5.32 Å². The van der Waals surface area contributed by atoms with Gasteiger partial charge in [-0.3, -0.25) is 0 Å². The van der Waals surface area contributed by atoms with Crippen molar-refractivity contribution in [3.05, 3.63) is 82.8 Å². The predicted octanol–water partition coefficient (Wildman–Crippen LogP) is 4.74. The van der Waals surface area contributed by atoms with Crippen molar-refractivity contribution in [1.29, 1.82) is 5.26 Å². The van der Waals surface area contributed by atoms with Crippen molar-refractivity contribution in [2.24, 2.45) is 0 Å². The van der Waals surface area contributed by atoms with E-state index < -0.39 is 6.03 Å². The molecule has 136 valence electrons. The average molecular weight is 382 g/mol. The number of carbonyl (C=O) groups is 1. The van der Waals surface area contributed by atoms with E-state index in [4.69, 9.17) is 21.3 Å². The first kappa shape index (κ1) is 18.4. The number of phenols is 1. The molecular weight excluding hydrogens is 366 g/mol. The maximum Gasteiger partial charge on any atom is 0.322 e. The standard InChI is InChI=1S/C20H16ClN3O3/c21-18-10-16(8-7-14(18)11-22)23-20(26)24(13-17-5-3-9-27-17)12-15-4-1-2-6-19(15)25/h1-10,25H,12-13H2,(H,23,26). The number of anilines is 1. The quantitative estimate of drug-likeness (QED) is 0.667. The number of nitrogens with zero attached hydrogens (tertiary/aromatic N) is 2. The Morgan fingerprint density at radius 3 is 2.67 bits per heavy atom. The van der Waals surface area contributed by atoms with Gasteiger partial charge in [0.15, 0.2) is 0 Å². The molecule has 3 aromatic rings. The Hall–Kier alpha value is -3.43. The Labute approximate surface area is 161 Å². The molecule has 2 N–H and O–H groups in total. The maximum atomic E-state index is 12.8. The lowest BCUT2D eigenvalue weighted by Crippen LogP contribution is -2.34. The second kappa shape index (κ2) is 8.30. The van der Waals surface area contributed by atoms with Gasteiger partial charge < -0.3 is 19.7 Å². The fraction of sp³-hybridized carbons (Fsp3) is 0.100. The van der Waals surface area contributed by atoms with Crippen LogP contribution in [0.3, 0.4) is 0 Å². The first-order chi connectivity index (χ1) is 13.1. The van der Waals surface area contributed by atoms with E-state index in [-0.39, 0.29) is 23.9 Å². The van der Waals surface area contributed by atoms with Crippen LogP contribution < -0.4 is 5.32 Å². The van der Waals surface area contributed by atoms with Crippen LogP contribution in [0.4, 0.5) is 10.5 Å². The molecule has 27 heavy (non-hydrogen) atoms. The smallest absolute Gasteiger partial charge is 0.322 e. The highest BCUT2D eigenvalue weighted by molar-refractivity contribution is 6.32. The lowest BCUT2D eigenvalue weighted by atomic mass is 10.2. The second-order valence-electron chi connectivity index (χ2n) is 5.80. The first-order valence-corrected chi connectivity index (χ1v) is 8.49. The van der Waals surface area contributed by atoms with Crippen LogP contribution in [0.5, 0.6) is 5.75 Å². The van der Waals surface area contributed by atoms with Crippen LogP contribution in [0.25, 0.3) is 0 Å². The number of para-hydroxylation sites is 1. The fourth-order valence-electron chi connectivity index (χ4n) is 2.53. The van der Waals surface area contributed by atoms with Crippen LogP contribution in [0.15, 0.2) is 65.3 Å². The molecule has 0 spiro atoms. The van der Waals surface area contributed by atoms with Crippen molar-refractivity contribution in [3.8, 4) is 11.8 Å². The van der Waals surface area contributed by atoms with Gasteiger partial charge in [0, 0.05) is 11.3 Å². The summed E-state index contributed by atoms with van der Waals surface area (Å²) >= 11 is 6.02. The summed E-state index contributed by atoms with van der Waals surface area (Å²) in [6, 6.07) is 16.6. The Kier molecular flexibility index (Phi) is 5.64. The maximum absolute atomic E-state index is 12.8. The monoisotopic (exact) mass is 381 g/mol. The van der Waals surface area contributed by atoms with Gasteiger partial charge in [0.05, 0.1) is 29.9 Å². The second-order valence-corrected chi connectivity index (χ2v) is 6.21. The summed E-state index contributed by atoms with van der Waals surface area (Å²) in [5, 5.41) is 22.0. The normalized spacial score (nSPS) is 10.2. The molecule has 0 fully saturated rings. The molecule has 7 heteroatoms. The minimum atomic E-state index is -0.393. The van der Waals surface area contributed by atoms with E-state index >= 15 is 0 Å². The number of aromatic hydroxyl groups is 1. The summed E-state index contributed by atoms with van der Waals surface area (Å²) in [6.07, 6.45) is 1.53. The van der Waals surface area contributed by atoms with Crippen molar-refractivity contribution in [2.45, 2.75) is 13.1 Å². The van der Waals surface area contributed by atoms with Gasteiger partial charge in [0.1, 0.15) is 17.6 Å². The van der Waals surface area contributed by atoms with Crippen molar-refractivity contribution < 1.29 is 14.3 Å². The van der Waals surface area contributed by atoms with E-state index in [2.05, 4.69) is 5.32 Å². The van der Waals surface area contributed by atoms with Gasteiger partial charge in [-0.2, -0.15) is 5.26 Å². The Morgan fingerprint density at radius 1 is 1.19 bits per heavy atom. The average Bonchev–Trinajstić information content (AvgIpc) is 3.16. The van der Waals surface area contributed by atoms with E-state index in [1.165, 1.54) is 23.3 Å². The van der Waals surface area contributed by atoms with E-state index in [1.54, 1.807) is 42.5 Å². The molecule has 0 saturated carbocycles. The molecule has 0 aliphatic heterocycles. The molecule has 2 aromatic carbocycles. The molecule has 0 saturated heterocycles. The van der Waals surface area contributed by atoms with Gasteiger partial charge in [0.25, 0.3) is 0 Å². The zero-order chi connectivity index (χ0) is 19.2. The van der Waals surface area contributed by atoms with E-state index in [0.29, 0.717) is 22.6 Å². The van der Waals surface area contributed by atoms with Gasteiger partial charge in [-0.15, -0.1) is 0 Å². The number of benzene rings is 2. The molecule has 0 aliphatic rings. The number of rotatable bonds is 5. The van der Waals surface area contributed by atoms with E-state index in [1.807, 2.05) is 6.07 Å². The van der Waals surface area contributed by atoms with Crippen LogP contribution in [-0.4, -0.2) is 16.0 Å². The highest BCUT2D eigenvalue weighted by atomic mass is 35.5. The largest absolute Gasteiger partial charge is 0.508 e. The summed E-state index contributed by atoms with van der Waals surface area (Å²) in [7, 11) is 0. The third kappa shape index (κ3) is 4.60. The number of hydrogen-bond donors (Lipinski definition) is 2. The molecule has 0 atom stereocenters. The van der Waals surface area contributed by atoms with Crippen molar-refractivity contribution >= 4 is 23.3 Å². The summed E-state index contributed by atoms with van der Waals surface area (Å²) in [5.74, 6) is 0.717. The molecule has 6 nitrogen and oxygen atoms in total. The first-order valence-electron chi connectivity index (χ1n) is 8.11. The highest BCUT2D eigenvalue weighted by Gasteiger charge is 2.18. The number of amides is 2. The fourth-order valence-corrected chi connectivity index (χ4v) is 2.75. The van der Waals surface area contributed by atoms with Gasteiger partial charge in [-0.05, 0) is 36.4 Å². The van der Waals surface area contributed by atoms with Gasteiger partial charge >= 0.3 is 6.03 Å². The number of carbonyl (C=O) groups excluding carboxylic acids is 1. The molecular formula is C20H16ClN3O3. The molecule has 0 aliphatic carbocycles. The number of nitrogens with one attached hydrogen (secondary N) is 1. The third-order valence-corrected chi connectivity index (χ3v) is 4.22. The number of halogens is 1. The number of nitriles is 1.